The van der Waals surface area contributed by atoms with Crippen molar-refractivity contribution in [2.24, 2.45) is 5.73 Å². The molecule has 3 heterocycles. The third-order valence-electron chi connectivity index (χ3n) is 5.92. The number of benzene rings is 1. The summed E-state index contributed by atoms with van der Waals surface area (Å²) < 4.78 is 28.3. The van der Waals surface area contributed by atoms with Crippen LogP contribution in [0.4, 0.5) is 5.69 Å². The SMILES string of the molecule is Cc1nc2c(C(N)=O)cnn2c(C)c1CCC(=O)Nc1ccc(S(=O)(=O)N2CCCC2)cc1. The summed E-state index contributed by atoms with van der Waals surface area (Å²) in [6.07, 6.45) is 3.77. The Balaban J connectivity index is 1.42. The number of amides is 2. The molecule has 0 aliphatic carbocycles. The number of hydrogen-bond donors (Lipinski definition) is 2. The second kappa shape index (κ2) is 8.91. The highest BCUT2D eigenvalue weighted by atomic mass is 32.2. The number of fused-ring (bicyclic) bond motifs is 1. The van der Waals surface area contributed by atoms with Crippen LogP contribution in [0.15, 0.2) is 35.4 Å². The zero-order valence-electron chi connectivity index (χ0n) is 18.5. The van der Waals surface area contributed by atoms with Crippen LogP contribution < -0.4 is 11.1 Å². The topological polar surface area (TPSA) is 140 Å². The van der Waals surface area contributed by atoms with Gasteiger partial charge in [-0.25, -0.2) is 17.9 Å². The van der Waals surface area contributed by atoms with Crippen LogP contribution in [0, 0.1) is 13.8 Å². The standard InChI is InChI=1S/C22H26N6O4S/c1-14-18(15(2)28-22(25-14)19(13-24-28)21(23)30)9-10-20(29)26-16-5-7-17(8-6-16)33(31,32)27-11-3-4-12-27/h5-8,13H,3-4,9-12H2,1-2H3,(H2,23,30)(H,26,29). The first-order valence-electron chi connectivity index (χ1n) is 10.7. The average molecular weight is 471 g/mol. The molecule has 1 fully saturated rings. The summed E-state index contributed by atoms with van der Waals surface area (Å²) in [5, 5.41) is 7.00. The van der Waals surface area contributed by atoms with E-state index in [2.05, 4.69) is 15.4 Å². The number of hydrogen-bond acceptors (Lipinski definition) is 6. The monoisotopic (exact) mass is 470 g/mol. The van der Waals surface area contributed by atoms with Crippen LogP contribution in [0.3, 0.4) is 0 Å². The summed E-state index contributed by atoms with van der Waals surface area (Å²) in [7, 11) is -3.48. The van der Waals surface area contributed by atoms with E-state index in [1.54, 1.807) is 16.6 Å². The van der Waals surface area contributed by atoms with E-state index >= 15 is 0 Å². The molecule has 2 amide bonds. The van der Waals surface area contributed by atoms with Gasteiger partial charge in [0.2, 0.25) is 15.9 Å². The first-order chi connectivity index (χ1) is 15.7. The quantitative estimate of drug-likeness (QED) is 0.540. The predicted octanol–water partition coefficient (Wildman–Crippen LogP) is 1.80. The van der Waals surface area contributed by atoms with Gasteiger partial charge in [0.1, 0.15) is 5.56 Å². The van der Waals surface area contributed by atoms with E-state index in [4.69, 9.17) is 5.73 Å². The molecule has 0 atom stereocenters. The minimum atomic E-state index is -3.48. The highest BCUT2D eigenvalue weighted by Crippen LogP contribution is 2.23. The summed E-state index contributed by atoms with van der Waals surface area (Å²) in [4.78, 5) is 28.7. The molecule has 2 aromatic heterocycles. The van der Waals surface area contributed by atoms with Crippen LogP contribution in [0.5, 0.6) is 0 Å². The highest BCUT2D eigenvalue weighted by Gasteiger charge is 2.27. The van der Waals surface area contributed by atoms with E-state index in [9.17, 15) is 18.0 Å². The number of carbonyl (C=O) groups excluding carboxylic acids is 2. The van der Waals surface area contributed by atoms with Crippen LogP contribution in [0.2, 0.25) is 0 Å². The summed E-state index contributed by atoms with van der Waals surface area (Å²) >= 11 is 0. The first-order valence-corrected chi connectivity index (χ1v) is 12.2. The van der Waals surface area contributed by atoms with Crippen molar-refractivity contribution in [3.8, 4) is 0 Å². The lowest BCUT2D eigenvalue weighted by molar-refractivity contribution is -0.116. The maximum Gasteiger partial charge on any atom is 0.254 e. The summed E-state index contributed by atoms with van der Waals surface area (Å²) in [6.45, 7) is 4.76. The Hall–Kier alpha value is -3.31. The fraction of sp³-hybridized carbons (Fsp3) is 0.364. The lowest BCUT2D eigenvalue weighted by atomic mass is 10.1. The van der Waals surface area contributed by atoms with Crippen molar-refractivity contribution < 1.29 is 18.0 Å². The van der Waals surface area contributed by atoms with E-state index in [0.29, 0.717) is 36.5 Å². The molecule has 33 heavy (non-hydrogen) atoms. The molecule has 174 valence electrons. The molecule has 0 bridgehead atoms. The number of anilines is 1. The van der Waals surface area contributed by atoms with Gasteiger partial charge in [-0.15, -0.1) is 0 Å². The molecule has 1 aliphatic rings. The average Bonchev–Trinajstić information content (AvgIpc) is 3.44. The van der Waals surface area contributed by atoms with Crippen molar-refractivity contribution in [1.82, 2.24) is 18.9 Å². The fourth-order valence-electron chi connectivity index (χ4n) is 4.10. The third kappa shape index (κ3) is 4.46. The van der Waals surface area contributed by atoms with Gasteiger partial charge in [0.25, 0.3) is 5.91 Å². The Morgan fingerprint density at radius 1 is 1.12 bits per heavy atom. The molecule has 4 rings (SSSR count). The number of nitrogens with two attached hydrogens (primary N) is 1. The molecule has 0 spiro atoms. The Bertz CT molecular complexity index is 1330. The van der Waals surface area contributed by atoms with E-state index in [1.807, 2.05) is 13.8 Å². The van der Waals surface area contributed by atoms with Gasteiger partial charge in [-0.2, -0.15) is 9.40 Å². The number of aryl methyl sites for hydroxylation is 2. The van der Waals surface area contributed by atoms with Crippen LogP contribution in [0.25, 0.3) is 5.65 Å². The number of aromatic nitrogens is 3. The molecule has 1 saturated heterocycles. The van der Waals surface area contributed by atoms with Gasteiger partial charge in [0.05, 0.1) is 11.1 Å². The van der Waals surface area contributed by atoms with Crippen molar-refractivity contribution in [1.29, 1.82) is 0 Å². The zero-order valence-corrected chi connectivity index (χ0v) is 19.4. The lowest BCUT2D eigenvalue weighted by Gasteiger charge is -2.15. The van der Waals surface area contributed by atoms with Crippen LogP contribution in [-0.4, -0.2) is 52.2 Å². The van der Waals surface area contributed by atoms with Gasteiger partial charge < -0.3 is 11.1 Å². The van der Waals surface area contributed by atoms with Crippen LogP contribution >= 0.6 is 0 Å². The van der Waals surface area contributed by atoms with Gasteiger partial charge in [0, 0.05) is 36.6 Å². The molecule has 1 aromatic carbocycles. The Labute approximate surface area is 191 Å². The third-order valence-corrected chi connectivity index (χ3v) is 7.83. The highest BCUT2D eigenvalue weighted by molar-refractivity contribution is 7.89. The molecular weight excluding hydrogens is 444 g/mol. The molecule has 3 aromatic rings. The summed E-state index contributed by atoms with van der Waals surface area (Å²) in [5.74, 6) is -0.801. The van der Waals surface area contributed by atoms with Gasteiger partial charge in [0.15, 0.2) is 5.65 Å². The molecule has 0 unspecified atom stereocenters. The van der Waals surface area contributed by atoms with Gasteiger partial charge >= 0.3 is 0 Å². The van der Waals surface area contributed by atoms with Gasteiger partial charge in [-0.1, -0.05) is 0 Å². The maximum atomic E-state index is 12.6. The van der Waals surface area contributed by atoms with E-state index in [-0.39, 0.29) is 22.8 Å². The number of rotatable bonds is 7. The van der Waals surface area contributed by atoms with Crippen molar-refractivity contribution in [2.45, 2.75) is 44.4 Å². The number of sulfonamides is 1. The van der Waals surface area contributed by atoms with E-state index < -0.39 is 15.9 Å². The predicted molar refractivity (Wildman–Crippen MR) is 122 cm³/mol. The molecule has 10 nitrogen and oxygen atoms in total. The Kier molecular flexibility index (Phi) is 6.17. The number of nitrogens with zero attached hydrogens (tertiary/aromatic N) is 4. The molecular formula is C22H26N6O4S. The van der Waals surface area contributed by atoms with E-state index in [1.165, 1.54) is 22.6 Å². The van der Waals surface area contributed by atoms with Crippen LogP contribution in [0.1, 0.15) is 46.6 Å². The van der Waals surface area contributed by atoms with Crippen LogP contribution in [-0.2, 0) is 21.2 Å². The minimum Gasteiger partial charge on any atom is -0.365 e. The second-order valence-electron chi connectivity index (χ2n) is 8.10. The maximum absolute atomic E-state index is 12.6. The second-order valence-corrected chi connectivity index (χ2v) is 10.0. The molecule has 3 N–H and O–H groups in total. The molecule has 1 aliphatic heterocycles. The Morgan fingerprint density at radius 2 is 1.79 bits per heavy atom. The van der Waals surface area contributed by atoms with Crippen molar-refractivity contribution in [3.05, 3.63) is 53.0 Å². The largest absolute Gasteiger partial charge is 0.365 e. The summed E-state index contributed by atoms with van der Waals surface area (Å²) in [6, 6.07) is 6.23. The zero-order chi connectivity index (χ0) is 23.8. The summed E-state index contributed by atoms with van der Waals surface area (Å²) in [5.41, 5.74) is 8.91. The molecule has 0 saturated carbocycles. The smallest absolute Gasteiger partial charge is 0.254 e. The van der Waals surface area contributed by atoms with Gasteiger partial charge in [-0.3, -0.25) is 9.59 Å². The fourth-order valence-corrected chi connectivity index (χ4v) is 5.61. The van der Waals surface area contributed by atoms with Gasteiger partial charge in [-0.05, 0) is 62.9 Å². The number of primary amides is 1. The molecule has 11 heteroatoms. The van der Waals surface area contributed by atoms with Crippen molar-refractivity contribution >= 4 is 33.2 Å². The van der Waals surface area contributed by atoms with Crippen molar-refractivity contribution in [3.63, 3.8) is 0 Å². The minimum absolute atomic E-state index is 0.201. The van der Waals surface area contributed by atoms with E-state index in [0.717, 1.165) is 24.1 Å². The van der Waals surface area contributed by atoms with Crippen molar-refractivity contribution in [2.75, 3.05) is 18.4 Å². The Morgan fingerprint density at radius 3 is 2.42 bits per heavy atom. The lowest BCUT2D eigenvalue weighted by Crippen LogP contribution is -2.27. The first kappa shape index (κ1) is 22.9. The normalized spacial score (nSPS) is 14.6. The molecule has 0 radical (unpaired) electrons. The number of nitrogens with one attached hydrogen (secondary N) is 1. The number of carbonyl (C=O) groups is 2.